The first-order valence-corrected chi connectivity index (χ1v) is 10.5. The van der Waals surface area contributed by atoms with Crippen molar-refractivity contribution >= 4 is 11.8 Å². The SMILES string of the molecule is COCC1CCN(C(=O)CC2C(=O)NCCN2C2Cc3ccccc3C2)CC1. The van der Waals surface area contributed by atoms with Gasteiger partial charge in [0, 0.05) is 45.9 Å². The molecule has 1 atom stereocenters. The van der Waals surface area contributed by atoms with Crippen LogP contribution < -0.4 is 5.32 Å². The molecule has 2 saturated heterocycles. The average Bonchev–Trinajstić information content (AvgIpc) is 3.14. The first-order chi connectivity index (χ1) is 13.7. The molecule has 0 bridgehead atoms. The van der Waals surface area contributed by atoms with Crippen molar-refractivity contribution < 1.29 is 14.3 Å². The van der Waals surface area contributed by atoms with Gasteiger partial charge in [0.25, 0.3) is 0 Å². The van der Waals surface area contributed by atoms with Gasteiger partial charge in [-0.05, 0) is 42.7 Å². The Balaban J connectivity index is 1.39. The fourth-order valence-corrected chi connectivity index (χ4v) is 5.03. The van der Waals surface area contributed by atoms with E-state index in [2.05, 4.69) is 34.5 Å². The first kappa shape index (κ1) is 19.4. The molecule has 2 aliphatic heterocycles. The molecule has 2 amide bonds. The molecule has 2 fully saturated rings. The quantitative estimate of drug-likeness (QED) is 0.828. The molecule has 1 N–H and O–H groups in total. The van der Waals surface area contributed by atoms with Gasteiger partial charge < -0.3 is 15.0 Å². The number of ether oxygens (including phenoxy) is 1. The predicted octanol–water partition coefficient (Wildman–Crippen LogP) is 1.23. The molecule has 1 aliphatic carbocycles. The molecule has 2 heterocycles. The standard InChI is InChI=1S/C22H31N3O3/c1-28-15-16-6-9-24(10-7-16)21(26)14-20-22(27)23-8-11-25(20)19-12-17-4-2-3-5-18(17)13-19/h2-5,16,19-20H,6-15H2,1H3,(H,23,27). The highest BCUT2D eigenvalue weighted by molar-refractivity contribution is 5.89. The van der Waals surface area contributed by atoms with Crippen molar-refractivity contribution in [2.75, 3.05) is 39.9 Å². The Labute approximate surface area is 167 Å². The molecule has 0 aromatic heterocycles. The van der Waals surface area contributed by atoms with E-state index in [9.17, 15) is 9.59 Å². The summed E-state index contributed by atoms with van der Waals surface area (Å²) in [5.74, 6) is 0.656. The van der Waals surface area contributed by atoms with Gasteiger partial charge in [0.05, 0.1) is 12.5 Å². The summed E-state index contributed by atoms with van der Waals surface area (Å²) in [5, 5.41) is 2.97. The van der Waals surface area contributed by atoms with Crippen molar-refractivity contribution in [2.45, 2.75) is 44.2 Å². The Morgan fingerprint density at radius 3 is 2.46 bits per heavy atom. The van der Waals surface area contributed by atoms with E-state index >= 15 is 0 Å². The molecule has 6 heteroatoms. The van der Waals surface area contributed by atoms with Gasteiger partial charge in [-0.25, -0.2) is 0 Å². The Hall–Kier alpha value is -1.92. The smallest absolute Gasteiger partial charge is 0.237 e. The maximum absolute atomic E-state index is 12.9. The molecule has 0 radical (unpaired) electrons. The van der Waals surface area contributed by atoms with Crippen LogP contribution in [-0.2, 0) is 27.2 Å². The van der Waals surface area contributed by atoms with Crippen LogP contribution in [0.5, 0.6) is 0 Å². The highest BCUT2D eigenvalue weighted by Crippen LogP contribution is 2.28. The van der Waals surface area contributed by atoms with E-state index in [1.807, 2.05) is 4.90 Å². The molecule has 1 aromatic rings. The minimum Gasteiger partial charge on any atom is -0.384 e. The second-order valence-corrected chi connectivity index (χ2v) is 8.36. The number of piperazine rings is 1. The van der Waals surface area contributed by atoms with Gasteiger partial charge in [-0.3, -0.25) is 14.5 Å². The number of fused-ring (bicyclic) bond motifs is 1. The molecule has 28 heavy (non-hydrogen) atoms. The zero-order valence-corrected chi connectivity index (χ0v) is 16.7. The third kappa shape index (κ3) is 4.08. The second kappa shape index (κ2) is 8.62. The van der Waals surface area contributed by atoms with E-state index in [0.717, 1.165) is 51.9 Å². The number of benzene rings is 1. The molecule has 1 aromatic carbocycles. The highest BCUT2D eigenvalue weighted by atomic mass is 16.5. The molecule has 3 aliphatic rings. The van der Waals surface area contributed by atoms with Crippen LogP contribution in [0.4, 0.5) is 0 Å². The minimum atomic E-state index is -0.350. The summed E-state index contributed by atoms with van der Waals surface area (Å²) in [6.07, 6.45) is 4.19. The number of methoxy groups -OCH3 is 1. The molecule has 0 saturated carbocycles. The van der Waals surface area contributed by atoms with Crippen molar-refractivity contribution in [3.8, 4) is 0 Å². The number of carbonyl (C=O) groups is 2. The van der Waals surface area contributed by atoms with Crippen LogP contribution in [0.2, 0.25) is 0 Å². The molecule has 152 valence electrons. The number of hydrogen-bond acceptors (Lipinski definition) is 4. The van der Waals surface area contributed by atoms with Gasteiger partial charge in [0.2, 0.25) is 11.8 Å². The largest absolute Gasteiger partial charge is 0.384 e. The number of likely N-dealkylation sites (tertiary alicyclic amines) is 1. The number of carbonyl (C=O) groups excluding carboxylic acids is 2. The third-order valence-corrected chi connectivity index (χ3v) is 6.61. The van der Waals surface area contributed by atoms with E-state index in [-0.39, 0.29) is 24.3 Å². The van der Waals surface area contributed by atoms with Crippen molar-refractivity contribution in [3.63, 3.8) is 0 Å². The predicted molar refractivity (Wildman–Crippen MR) is 107 cm³/mol. The lowest BCUT2D eigenvalue weighted by Gasteiger charge is -2.40. The monoisotopic (exact) mass is 385 g/mol. The Bertz CT molecular complexity index is 690. The number of rotatable bonds is 5. The van der Waals surface area contributed by atoms with Crippen LogP contribution >= 0.6 is 0 Å². The molecular formula is C22H31N3O3. The maximum atomic E-state index is 12.9. The van der Waals surface area contributed by atoms with Gasteiger partial charge in [-0.1, -0.05) is 24.3 Å². The van der Waals surface area contributed by atoms with Crippen LogP contribution in [-0.4, -0.2) is 73.6 Å². The van der Waals surface area contributed by atoms with Crippen molar-refractivity contribution in [2.24, 2.45) is 5.92 Å². The van der Waals surface area contributed by atoms with Crippen molar-refractivity contribution in [1.82, 2.24) is 15.1 Å². The normalized spacial score (nSPS) is 24.2. The molecular weight excluding hydrogens is 354 g/mol. The van der Waals surface area contributed by atoms with Gasteiger partial charge in [-0.2, -0.15) is 0 Å². The second-order valence-electron chi connectivity index (χ2n) is 8.36. The summed E-state index contributed by atoms with van der Waals surface area (Å²) in [4.78, 5) is 29.8. The zero-order chi connectivity index (χ0) is 19.5. The van der Waals surface area contributed by atoms with Gasteiger partial charge >= 0.3 is 0 Å². The van der Waals surface area contributed by atoms with Crippen LogP contribution in [0.1, 0.15) is 30.4 Å². The highest BCUT2D eigenvalue weighted by Gasteiger charge is 2.39. The van der Waals surface area contributed by atoms with E-state index in [4.69, 9.17) is 4.74 Å². The fraction of sp³-hybridized carbons (Fsp3) is 0.636. The molecule has 6 nitrogen and oxygen atoms in total. The summed E-state index contributed by atoms with van der Waals surface area (Å²) >= 11 is 0. The average molecular weight is 386 g/mol. The first-order valence-electron chi connectivity index (χ1n) is 10.5. The van der Waals surface area contributed by atoms with E-state index < -0.39 is 0 Å². The summed E-state index contributed by atoms with van der Waals surface area (Å²) in [6, 6.07) is 8.50. The summed E-state index contributed by atoms with van der Waals surface area (Å²) in [6.45, 7) is 3.80. The van der Waals surface area contributed by atoms with E-state index in [1.165, 1.54) is 11.1 Å². The number of piperidine rings is 1. The zero-order valence-electron chi connectivity index (χ0n) is 16.7. The number of nitrogens with one attached hydrogen (secondary N) is 1. The molecule has 0 spiro atoms. The van der Waals surface area contributed by atoms with Gasteiger partial charge in [0.15, 0.2) is 0 Å². The molecule has 4 rings (SSSR count). The minimum absolute atomic E-state index is 0.00447. The van der Waals surface area contributed by atoms with Crippen LogP contribution in [0, 0.1) is 5.92 Å². The summed E-state index contributed by atoms with van der Waals surface area (Å²) < 4.78 is 5.25. The van der Waals surface area contributed by atoms with Crippen LogP contribution in [0.15, 0.2) is 24.3 Å². The Morgan fingerprint density at radius 1 is 1.14 bits per heavy atom. The number of nitrogens with zero attached hydrogens (tertiary/aromatic N) is 2. The lowest BCUT2D eigenvalue weighted by Crippen LogP contribution is -2.60. The van der Waals surface area contributed by atoms with Crippen LogP contribution in [0.3, 0.4) is 0 Å². The maximum Gasteiger partial charge on any atom is 0.237 e. The third-order valence-electron chi connectivity index (χ3n) is 6.61. The van der Waals surface area contributed by atoms with Gasteiger partial charge in [0.1, 0.15) is 0 Å². The van der Waals surface area contributed by atoms with Crippen molar-refractivity contribution in [3.05, 3.63) is 35.4 Å². The topological polar surface area (TPSA) is 61.9 Å². The summed E-state index contributed by atoms with van der Waals surface area (Å²) in [7, 11) is 1.73. The number of hydrogen-bond donors (Lipinski definition) is 1. The van der Waals surface area contributed by atoms with E-state index in [1.54, 1.807) is 7.11 Å². The summed E-state index contributed by atoms with van der Waals surface area (Å²) in [5.41, 5.74) is 2.76. The lowest BCUT2D eigenvalue weighted by molar-refractivity contribution is -0.140. The Morgan fingerprint density at radius 2 is 1.82 bits per heavy atom. The van der Waals surface area contributed by atoms with Crippen LogP contribution in [0.25, 0.3) is 0 Å². The van der Waals surface area contributed by atoms with Crippen molar-refractivity contribution in [1.29, 1.82) is 0 Å². The lowest BCUT2D eigenvalue weighted by atomic mass is 9.96. The fourth-order valence-electron chi connectivity index (χ4n) is 5.03. The van der Waals surface area contributed by atoms with Gasteiger partial charge in [-0.15, -0.1) is 0 Å². The van der Waals surface area contributed by atoms with E-state index in [0.29, 0.717) is 18.5 Å². The Kier molecular flexibility index (Phi) is 5.97. The number of amides is 2. The molecule has 1 unspecified atom stereocenters.